The van der Waals surface area contributed by atoms with Gasteiger partial charge < -0.3 is 10.1 Å². The second kappa shape index (κ2) is 6.52. The number of anilines is 1. The first-order chi connectivity index (χ1) is 9.60. The number of aromatic nitrogens is 1. The Kier molecular flexibility index (Phi) is 4.74. The largest absolute Gasteiger partial charge is 0.465 e. The van der Waals surface area contributed by atoms with Crippen LogP contribution in [-0.2, 0) is 11.2 Å². The number of pyridine rings is 1. The van der Waals surface area contributed by atoms with Crippen molar-refractivity contribution in [3.63, 3.8) is 0 Å². The summed E-state index contributed by atoms with van der Waals surface area (Å²) in [7, 11) is 1.37. The van der Waals surface area contributed by atoms with Crippen molar-refractivity contribution in [1.82, 2.24) is 4.98 Å². The number of rotatable bonds is 5. The molecule has 4 nitrogen and oxygen atoms in total. The third-order valence-electron chi connectivity index (χ3n) is 2.97. The Hall–Kier alpha value is -1.88. The lowest BCUT2D eigenvalue weighted by Gasteiger charge is -2.14. The van der Waals surface area contributed by atoms with Crippen molar-refractivity contribution in [3.8, 4) is 0 Å². The molecule has 0 radical (unpaired) electrons. The number of esters is 1. The number of carbonyl (C=O) groups is 1. The number of methoxy groups -OCH3 is 1. The number of hydrogen-bond acceptors (Lipinski definition) is 5. The van der Waals surface area contributed by atoms with Gasteiger partial charge in [-0.2, -0.15) is 0 Å². The van der Waals surface area contributed by atoms with Gasteiger partial charge in [0.1, 0.15) is 5.82 Å². The molecule has 0 aliphatic carbocycles. The molecule has 0 amide bonds. The maximum absolute atomic E-state index is 11.5. The molecule has 0 saturated carbocycles. The van der Waals surface area contributed by atoms with E-state index in [1.165, 1.54) is 12.0 Å². The summed E-state index contributed by atoms with van der Waals surface area (Å²) in [5.74, 6) is 0.424. The van der Waals surface area contributed by atoms with Gasteiger partial charge in [0, 0.05) is 17.3 Å². The van der Waals surface area contributed by atoms with Crippen LogP contribution in [-0.4, -0.2) is 24.1 Å². The van der Waals surface area contributed by atoms with Crippen molar-refractivity contribution in [3.05, 3.63) is 45.8 Å². The maximum Gasteiger partial charge on any atom is 0.339 e. The summed E-state index contributed by atoms with van der Waals surface area (Å²) in [5.41, 5.74) is 1.18. The molecule has 5 heteroatoms. The van der Waals surface area contributed by atoms with Gasteiger partial charge in [-0.3, -0.25) is 0 Å². The number of nitrogens with zero attached hydrogens (tertiary/aromatic N) is 1. The van der Waals surface area contributed by atoms with Crippen LogP contribution in [0.1, 0.15) is 27.9 Å². The monoisotopic (exact) mass is 290 g/mol. The molecular formula is C15H18N2O2S. The summed E-state index contributed by atoms with van der Waals surface area (Å²) in [4.78, 5) is 17.2. The van der Waals surface area contributed by atoms with Crippen LogP contribution in [0.2, 0.25) is 0 Å². The van der Waals surface area contributed by atoms with Crippen LogP contribution in [0.3, 0.4) is 0 Å². The summed E-state index contributed by atoms with van der Waals surface area (Å²) in [6.45, 7) is 3.92. The van der Waals surface area contributed by atoms with Crippen molar-refractivity contribution in [1.29, 1.82) is 0 Å². The third kappa shape index (κ3) is 3.57. The van der Waals surface area contributed by atoms with Gasteiger partial charge in [-0.1, -0.05) is 6.07 Å². The quantitative estimate of drug-likeness (QED) is 0.859. The number of ether oxygens (including phenoxy) is 1. The highest BCUT2D eigenvalue weighted by molar-refractivity contribution is 7.09. The molecule has 0 fully saturated rings. The van der Waals surface area contributed by atoms with Crippen molar-refractivity contribution < 1.29 is 9.53 Å². The van der Waals surface area contributed by atoms with E-state index in [9.17, 15) is 4.79 Å². The van der Waals surface area contributed by atoms with E-state index in [2.05, 4.69) is 34.7 Å². The Morgan fingerprint density at radius 2 is 2.25 bits per heavy atom. The van der Waals surface area contributed by atoms with E-state index in [0.717, 1.165) is 12.2 Å². The first-order valence-electron chi connectivity index (χ1n) is 6.45. The summed E-state index contributed by atoms with van der Waals surface area (Å²) in [6.07, 6.45) is 0.956. The first-order valence-corrected chi connectivity index (χ1v) is 7.33. The zero-order chi connectivity index (χ0) is 14.5. The van der Waals surface area contributed by atoms with E-state index in [0.29, 0.717) is 11.3 Å². The molecule has 2 rings (SSSR count). The highest BCUT2D eigenvalue weighted by Crippen LogP contribution is 2.15. The molecule has 1 N–H and O–H groups in total. The molecule has 0 spiro atoms. The van der Waals surface area contributed by atoms with E-state index >= 15 is 0 Å². The van der Waals surface area contributed by atoms with Crippen LogP contribution >= 0.6 is 11.3 Å². The Labute approximate surface area is 122 Å². The van der Waals surface area contributed by atoms with Crippen LogP contribution in [0.15, 0.2) is 29.6 Å². The highest BCUT2D eigenvalue weighted by atomic mass is 32.1. The first kappa shape index (κ1) is 14.5. The lowest BCUT2D eigenvalue weighted by Crippen LogP contribution is -2.19. The van der Waals surface area contributed by atoms with Crippen LogP contribution < -0.4 is 5.32 Å². The molecule has 0 bridgehead atoms. The molecule has 0 aliphatic rings. The molecule has 2 heterocycles. The third-order valence-corrected chi connectivity index (χ3v) is 3.87. The molecular weight excluding hydrogens is 272 g/mol. The number of aryl methyl sites for hydroxylation is 1. The van der Waals surface area contributed by atoms with Crippen LogP contribution in [0.25, 0.3) is 0 Å². The summed E-state index contributed by atoms with van der Waals surface area (Å²) in [5, 5.41) is 5.43. The van der Waals surface area contributed by atoms with Crippen LogP contribution in [0.4, 0.5) is 5.82 Å². The Bertz CT molecular complexity index is 582. The predicted octanol–water partition coefficient (Wildman–Crippen LogP) is 3.28. The average Bonchev–Trinajstić information content (AvgIpc) is 2.90. The van der Waals surface area contributed by atoms with Gasteiger partial charge >= 0.3 is 5.97 Å². The lowest BCUT2D eigenvalue weighted by molar-refractivity contribution is 0.0599. The van der Waals surface area contributed by atoms with Gasteiger partial charge in [-0.15, -0.1) is 11.3 Å². The Morgan fingerprint density at radius 3 is 2.85 bits per heavy atom. The average molecular weight is 290 g/mol. The smallest absolute Gasteiger partial charge is 0.339 e. The van der Waals surface area contributed by atoms with E-state index in [-0.39, 0.29) is 12.0 Å². The second-order valence-corrected chi connectivity index (χ2v) is 5.68. The standard InChI is InChI=1S/C15H18N2O2S/c1-10(9-12-5-4-8-20-12)16-14-7-6-13(11(2)17-14)15(18)19-3/h4-8,10H,9H2,1-3H3,(H,16,17). The molecule has 106 valence electrons. The number of hydrogen-bond donors (Lipinski definition) is 1. The van der Waals surface area contributed by atoms with Gasteiger partial charge in [-0.25, -0.2) is 9.78 Å². The van der Waals surface area contributed by atoms with Crippen LogP contribution in [0, 0.1) is 6.92 Å². The number of carbonyl (C=O) groups excluding carboxylic acids is 1. The van der Waals surface area contributed by atoms with Crippen molar-refractivity contribution >= 4 is 23.1 Å². The van der Waals surface area contributed by atoms with E-state index in [4.69, 9.17) is 4.74 Å². The van der Waals surface area contributed by atoms with E-state index < -0.39 is 0 Å². The van der Waals surface area contributed by atoms with Crippen molar-refractivity contribution in [2.45, 2.75) is 26.3 Å². The van der Waals surface area contributed by atoms with Crippen LogP contribution in [0.5, 0.6) is 0 Å². The fraction of sp³-hybridized carbons (Fsp3) is 0.333. The summed E-state index contributed by atoms with van der Waals surface area (Å²) >= 11 is 1.75. The normalized spacial score (nSPS) is 11.9. The molecule has 0 aliphatic heterocycles. The molecule has 20 heavy (non-hydrogen) atoms. The molecule has 1 atom stereocenters. The van der Waals surface area contributed by atoms with Gasteiger partial charge in [0.2, 0.25) is 0 Å². The van der Waals surface area contributed by atoms with E-state index in [1.54, 1.807) is 24.3 Å². The lowest BCUT2D eigenvalue weighted by atomic mass is 10.2. The van der Waals surface area contributed by atoms with Crippen molar-refractivity contribution in [2.24, 2.45) is 0 Å². The fourth-order valence-electron chi connectivity index (χ4n) is 2.00. The number of thiophene rings is 1. The summed E-state index contributed by atoms with van der Waals surface area (Å²) in [6, 6.07) is 8.02. The molecule has 2 aromatic heterocycles. The van der Waals surface area contributed by atoms with Gasteiger partial charge in [0.15, 0.2) is 0 Å². The molecule has 0 aromatic carbocycles. The minimum atomic E-state index is -0.354. The van der Waals surface area contributed by atoms with Gasteiger partial charge in [0.25, 0.3) is 0 Å². The Balaban J connectivity index is 2.03. The predicted molar refractivity (Wildman–Crippen MR) is 81.4 cm³/mol. The topological polar surface area (TPSA) is 51.2 Å². The summed E-state index contributed by atoms with van der Waals surface area (Å²) < 4.78 is 4.71. The molecule has 2 aromatic rings. The van der Waals surface area contributed by atoms with Gasteiger partial charge in [0.05, 0.1) is 18.4 Å². The fourth-order valence-corrected chi connectivity index (χ4v) is 2.84. The minimum absolute atomic E-state index is 0.282. The Morgan fingerprint density at radius 1 is 1.45 bits per heavy atom. The second-order valence-electron chi connectivity index (χ2n) is 4.65. The molecule has 1 unspecified atom stereocenters. The maximum atomic E-state index is 11.5. The zero-order valence-electron chi connectivity index (χ0n) is 11.8. The molecule has 0 saturated heterocycles. The van der Waals surface area contributed by atoms with E-state index in [1.807, 2.05) is 6.07 Å². The SMILES string of the molecule is COC(=O)c1ccc(NC(C)Cc2cccs2)nc1C. The minimum Gasteiger partial charge on any atom is -0.465 e. The van der Waals surface area contributed by atoms with Crippen molar-refractivity contribution in [2.75, 3.05) is 12.4 Å². The van der Waals surface area contributed by atoms with Gasteiger partial charge in [-0.05, 0) is 37.4 Å². The highest BCUT2D eigenvalue weighted by Gasteiger charge is 2.11. The zero-order valence-corrected chi connectivity index (χ0v) is 12.7. The number of nitrogens with one attached hydrogen (secondary N) is 1.